The van der Waals surface area contributed by atoms with E-state index in [1.807, 2.05) is 9.44 Å². The third-order valence-electron chi connectivity index (χ3n) is 6.13. The van der Waals surface area contributed by atoms with E-state index >= 15 is 0 Å². The van der Waals surface area contributed by atoms with Gasteiger partial charge in [0.2, 0.25) is 0 Å². The van der Waals surface area contributed by atoms with Crippen LogP contribution < -0.4 is 20.1 Å². The maximum Gasteiger partial charge on any atom is 0.333 e. The van der Waals surface area contributed by atoms with Crippen molar-refractivity contribution in [3.05, 3.63) is 120 Å². The quantitative estimate of drug-likeness (QED) is 0.152. The lowest BCUT2D eigenvalue weighted by Gasteiger charge is -2.08. The Labute approximate surface area is 277 Å². The molecule has 0 aliphatic rings. The van der Waals surface area contributed by atoms with E-state index < -0.39 is 32.1 Å². The highest BCUT2D eigenvalue weighted by Crippen LogP contribution is 2.22. The van der Waals surface area contributed by atoms with Crippen molar-refractivity contribution in [2.45, 2.75) is 9.79 Å². The first-order chi connectivity index (χ1) is 21.9. The number of hydrogen-bond acceptors (Lipinski definition) is 8. The van der Waals surface area contributed by atoms with Gasteiger partial charge in [0, 0.05) is 32.2 Å². The Hall–Kier alpha value is -5.06. The summed E-state index contributed by atoms with van der Waals surface area (Å²) in [5, 5.41) is 7.12. The van der Waals surface area contributed by atoms with Crippen LogP contribution in [0.15, 0.2) is 128 Å². The molecule has 0 unspecified atom stereocenters. The number of furan rings is 2. The minimum Gasteiger partial charge on any atom is -0.464 e. The molecule has 6 aromatic rings. The zero-order chi connectivity index (χ0) is 32.9. The molecule has 0 bridgehead atoms. The van der Waals surface area contributed by atoms with Gasteiger partial charge >= 0.3 is 12.1 Å². The smallest absolute Gasteiger partial charge is 0.333 e. The average molecular weight is 720 g/mol. The number of anilines is 2. The Kier molecular flexibility index (Phi) is 10.8. The average Bonchev–Trinajstić information content (AvgIpc) is 3.68. The van der Waals surface area contributed by atoms with Gasteiger partial charge in [-0.25, -0.2) is 35.9 Å². The van der Waals surface area contributed by atoms with Crippen LogP contribution in [0.5, 0.6) is 0 Å². The second-order valence-corrected chi connectivity index (χ2v) is 13.6. The van der Waals surface area contributed by atoms with E-state index in [4.69, 9.17) is 32.0 Å². The summed E-state index contributed by atoms with van der Waals surface area (Å²) in [6.07, 6.45) is 2.92. The Morgan fingerprint density at radius 1 is 0.532 bits per heavy atom. The first kappa shape index (κ1) is 34.8. The number of hydrogen-bond donors (Lipinski definition) is 4. The molecule has 0 atom stereocenters. The van der Waals surface area contributed by atoms with Crippen LogP contribution >= 0.6 is 23.2 Å². The number of amides is 4. The van der Waals surface area contributed by atoms with Crippen LogP contribution in [0.25, 0.3) is 21.9 Å². The molecule has 0 aliphatic heterocycles. The number of rotatable bonds is 6. The van der Waals surface area contributed by atoms with Gasteiger partial charge in [0.1, 0.15) is 11.2 Å². The summed E-state index contributed by atoms with van der Waals surface area (Å²) in [5.74, 6) is 0. The molecule has 0 spiro atoms. The molecule has 4 aromatic carbocycles. The lowest BCUT2D eigenvalue weighted by atomic mass is 10.3. The molecule has 47 heavy (non-hydrogen) atoms. The van der Waals surface area contributed by atoms with Gasteiger partial charge in [0.05, 0.1) is 22.3 Å². The summed E-state index contributed by atoms with van der Waals surface area (Å²) in [5.41, 5.74) is 1.98. The molecule has 244 valence electrons. The summed E-state index contributed by atoms with van der Waals surface area (Å²) in [7, 11) is -7.97. The first-order valence-corrected chi connectivity index (χ1v) is 16.7. The number of halogens is 2. The Bertz CT molecular complexity index is 2090. The van der Waals surface area contributed by atoms with Crippen LogP contribution in [-0.4, -0.2) is 34.4 Å². The highest BCUT2D eigenvalue weighted by Gasteiger charge is 2.20. The van der Waals surface area contributed by atoms with Crippen molar-refractivity contribution in [1.82, 2.24) is 9.44 Å². The maximum absolute atomic E-state index is 12.2. The minimum absolute atomic E-state index is 0. The molecule has 6 N–H and O–H groups in total. The molecule has 4 amide bonds. The van der Waals surface area contributed by atoms with Gasteiger partial charge in [-0.3, -0.25) is 0 Å². The second-order valence-electron chi connectivity index (χ2n) is 9.37. The predicted molar refractivity (Wildman–Crippen MR) is 178 cm³/mol. The molecular formula is C30H24Cl2N4O9S2. The van der Waals surface area contributed by atoms with Gasteiger partial charge < -0.3 is 24.9 Å². The first-order valence-electron chi connectivity index (χ1n) is 13.0. The van der Waals surface area contributed by atoms with E-state index in [1.165, 1.54) is 48.9 Å². The molecule has 2 aromatic heterocycles. The molecule has 0 saturated heterocycles. The molecular weight excluding hydrogens is 695 g/mol. The van der Waals surface area contributed by atoms with Crippen LogP contribution in [0.2, 0.25) is 10.0 Å². The fourth-order valence-corrected chi connectivity index (χ4v) is 6.10. The normalized spacial score (nSPS) is 11.1. The standard InChI is InChI=1S/2C15H11ClN2O4S.H2O/c2*16-11-1-3-12(4-2-11)17-15(19)18-23(20,21)13-5-6-14-10(9-13)7-8-22-14;/h2*1-9H,(H2,17,18,19);1H2. The monoisotopic (exact) mass is 718 g/mol. The molecule has 0 saturated carbocycles. The Balaban J connectivity index is 0.000000208. The summed E-state index contributed by atoms with van der Waals surface area (Å²) in [6.45, 7) is 0. The number of urea groups is 2. The fourth-order valence-electron chi connectivity index (χ4n) is 3.97. The molecule has 6 rings (SSSR count). The summed E-state index contributed by atoms with van der Waals surface area (Å²) in [6, 6.07) is 22.8. The summed E-state index contributed by atoms with van der Waals surface area (Å²) in [4.78, 5) is 23.6. The third kappa shape index (κ3) is 9.02. The van der Waals surface area contributed by atoms with Crippen molar-refractivity contribution in [3.8, 4) is 0 Å². The zero-order valence-corrected chi connectivity index (χ0v) is 26.9. The SMILES string of the molecule is O.O=C(Nc1ccc(Cl)cc1)NS(=O)(=O)c1ccc2occc2c1.O=C(Nc1ccc(Cl)cc1)NS(=O)(=O)c1ccc2occc2c1. The number of sulfonamides is 2. The van der Waals surface area contributed by atoms with Gasteiger partial charge in [-0.15, -0.1) is 0 Å². The van der Waals surface area contributed by atoms with Crippen LogP contribution in [0.3, 0.4) is 0 Å². The number of nitrogens with one attached hydrogen (secondary N) is 4. The van der Waals surface area contributed by atoms with Crippen LogP contribution in [-0.2, 0) is 20.0 Å². The predicted octanol–water partition coefficient (Wildman–Crippen LogP) is 6.37. The molecule has 0 aliphatic carbocycles. The minimum atomic E-state index is -3.99. The van der Waals surface area contributed by atoms with Crippen molar-refractivity contribution in [1.29, 1.82) is 0 Å². The number of carbonyl (C=O) groups is 2. The molecule has 13 nitrogen and oxygen atoms in total. The lowest BCUT2D eigenvalue weighted by Crippen LogP contribution is -2.34. The van der Waals surface area contributed by atoms with Crippen molar-refractivity contribution in [3.63, 3.8) is 0 Å². The van der Waals surface area contributed by atoms with Crippen LogP contribution in [0.1, 0.15) is 0 Å². The van der Waals surface area contributed by atoms with E-state index in [0.717, 1.165) is 0 Å². The number of carbonyl (C=O) groups excluding carboxylic acids is 2. The van der Waals surface area contributed by atoms with Gasteiger partial charge in [-0.2, -0.15) is 0 Å². The van der Waals surface area contributed by atoms with Crippen molar-refractivity contribution < 1.29 is 40.7 Å². The van der Waals surface area contributed by atoms with Crippen molar-refractivity contribution in [2.24, 2.45) is 0 Å². The second kappa shape index (κ2) is 14.6. The lowest BCUT2D eigenvalue weighted by molar-refractivity contribution is 0.255. The zero-order valence-electron chi connectivity index (χ0n) is 23.7. The van der Waals surface area contributed by atoms with Crippen LogP contribution in [0, 0.1) is 0 Å². The Morgan fingerprint density at radius 2 is 0.894 bits per heavy atom. The van der Waals surface area contributed by atoms with Gasteiger partial charge in [-0.05, 0) is 97.1 Å². The largest absolute Gasteiger partial charge is 0.464 e. The van der Waals surface area contributed by atoms with Gasteiger partial charge in [-0.1, -0.05) is 23.2 Å². The summed E-state index contributed by atoms with van der Waals surface area (Å²) < 4.78 is 63.1. The van der Waals surface area contributed by atoms with E-state index in [2.05, 4.69) is 10.6 Å². The van der Waals surface area contributed by atoms with Crippen LogP contribution in [0.4, 0.5) is 21.0 Å². The fraction of sp³-hybridized carbons (Fsp3) is 0. The molecule has 17 heteroatoms. The third-order valence-corrected chi connectivity index (χ3v) is 9.29. The highest BCUT2D eigenvalue weighted by molar-refractivity contribution is 7.90. The van der Waals surface area contributed by atoms with E-state index in [0.29, 0.717) is 43.4 Å². The van der Waals surface area contributed by atoms with E-state index in [-0.39, 0.29) is 15.3 Å². The Morgan fingerprint density at radius 3 is 1.26 bits per heavy atom. The van der Waals surface area contributed by atoms with E-state index in [9.17, 15) is 26.4 Å². The summed E-state index contributed by atoms with van der Waals surface area (Å²) >= 11 is 11.5. The van der Waals surface area contributed by atoms with Gasteiger partial charge in [0.15, 0.2) is 0 Å². The molecule has 0 fully saturated rings. The number of fused-ring (bicyclic) bond motifs is 2. The maximum atomic E-state index is 12.2. The van der Waals surface area contributed by atoms with E-state index in [1.54, 1.807) is 60.7 Å². The number of benzene rings is 4. The highest BCUT2D eigenvalue weighted by atomic mass is 35.5. The van der Waals surface area contributed by atoms with Crippen molar-refractivity contribution in [2.75, 3.05) is 10.6 Å². The topological polar surface area (TPSA) is 208 Å². The molecule has 2 heterocycles. The van der Waals surface area contributed by atoms with Crippen molar-refractivity contribution >= 4 is 88.6 Å². The van der Waals surface area contributed by atoms with Gasteiger partial charge in [0.25, 0.3) is 20.0 Å². The molecule has 0 radical (unpaired) electrons.